The van der Waals surface area contributed by atoms with E-state index in [1.165, 1.54) is 0 Å². The smallest absolute Gasteiger partial charge is 0.243 e. The maximum absolute atomic E-state index is 12.8. The third kappa shape index (κ3) is 9.94. The van der Waals surface area contributed by atoms with Crippen molar-refractivity contribution in [2.24, 2.45) is 28.1 Å². The van der Waals surface area contributed by atoms with Crippen molar-refractivity contribution in [3.8, 4) is 0 Å². The van der Waals surface area contributed by atoms with E-state index in [1.807, 2.05) is 13.8 Å². The fourth-order valence-corrected chi connectivity index (χ4v) is 3.35. The summed E-state index contributed by atoms with van der Waals surface area (Å²) in [5.41, 5.74) is 15.9. The second-order valence-electron chi connectivity index (χ2n) is 8.48. The topological polar surface area (TPSA) is 207 Å². The van der Waals surface area contributed by atoms with E-state index in [0.717, 1.165) is 19.4 Å². The van der Waals surface area contributed by atoms with E-state index in [1.54, 1.807) is 6.92 Å². The number of nitrogens with two attached hydrogens (primary N) is 3. The Morgan fingerprint density at radius 1 is 1.00 bits per heavy atom. The molecule has 0 aromatic heterocycles. The monoisotopic (exact) mass is 454 g/mol. The number of carbonyl (C=O) groups excluding carboxylic acids is 4. The maximum atomic E-state index is 12.8. The summed E-state index contributed by atoms with van der Waals surface area (Å²) in [6.45, 7) is 6.43. The Morgan fingerprint density at radius 2 is 1.66 bits per heavy atom. The fourth-order valence-electron chi connectivity index (χ4n) is 3.35. The van der Waals surface area contributed by atoms with Crippen molar-refractivity contribution in [1.29, 1.82) is 0 Å². The number of rotatable bonds is 13. The Hall–Kier alpha value is -2.89. The third-order valence-corrected chi connectivity index (χ3v) is 5.07. The molecule has 1 rings (SSSR count). The molecule has 0 aromatic carbocycles. The van der Waals surface area contributed by atoms with Crippen molar-refractivity contribution >= 4 is 29.6 Å². The molecule has 12 heteroatoms. The Balaban J connectivity index is 2.70. The van der Waals surface area contributed by atoms with Gasteiger partial charge in [-0.05, 0) is 51.5 Å². The molecule has 0 bridgehead atoms. The Kier molecular flexibility index (Phi) is 11.5. The van der Waals surface area contributed by atoms with Gasteiger partial charge in [0.05, 0.1) is 6.04 Å². The second kappa shape index (κ2) is 13.5. The average Bonchev–Trinajstić information content (AvgIpc) is 3.23. The minimum atomic E-state index is -0.922. The van der Waals surface area contributed by atoms with Gasteiger partial charge in [-0.3, -0.25) is 24.2 Å². The molecule has 0 radical (unpaired) electrons. The zero-order valence-electron chi connectivity index (χ0n) is 19.1. The molecule has 0 spiro atoms. The van der Waals surface area contributed by atoms with Gasteiger partial charge in [-0.25, -0.2) is 0 Å². The number of hydrogen-bond acceptors (Lipinski definition) is 6. The summed E-state index contributed by atoms with van der Waals surface area (Å²) >= 11 is 0. The van der Waals surface area contributed by atoms with Crippen LogP contribution in [0.25, 0.3) is 0 Å². The number of aliphatic imine (C=N–C) groups is 1. The van der Waals surface area contributed by atoms with Gasteiger partial charge in [0.2, 0.25) is 23.6 Å². The largest absolute Gasteiger partial charge is 0.370 e. The van der Waals surface area contributed by atoms with Gasteiger partial charge in [0.15, 0.2) is 5.96 Å². The Labute approximate surface area is 188 Å². The molecule has 4 amide bonds. The highest BCUT2D eigenvalue weighted by Gasteiger charge is 2.29. The van der Waals surface area contributed by atoms with Crippen LogP contribution in [0.3, 0.4) is 0 Å². The first-order valence-corrected chi connectivity index (χ1v) is 11.0. The molecule has 1 heterocycles. The van der Waals surface area contributed by atoms with Crippen LogP contribution in [0.15, 0.2) is 4.99 Å². The molecule has 10 N–H and O–H groups in total. The first-order chi connectivity index (χ1) is 15.0. The Bertz CT molecular complexity index is 687. The van der Waals surface area contributed by atoms with Crippen LogP contribution in [-0.2, 0) is 19.2 Å². The highest BCUT2D eigenvalue weighted by molar-refractivity contribution is 5.94. The molecule has 182 valence electrons. The summed E-state index contributed by atoms with van der Waals surface area (Å²) in [5.74, 6) is -1.91. The van der Waals surface area contributed by atoms with Gasteiger partial charge in [-0.2, -0.15) is 0 Å². The van der Waals surface area contributed by atoms with E-state index in [2.05, 4.69) is 26.3 Å². The minimum Gasteiger partial charge on any atom is -0.370 e. The van der Waals surface area contributed by atoms with Crippen molar-refractivity contribution in [2.45, 2.75) is 77.0 Å². The van der Waals surface area contributed by atoms with Gasteiger partial charge in [-0.15, -0.1) is 0 Å². The quantitative estimate of drug-likeness (QED) is 0.0927. The van der Waals surface area contributed by atoms with Gasteiger partial charge in [0.25, 0.3) is 0 Å². The Morgan fingerprint density at radius 3 is 2.19 bits per heavy atom. The molecular weight excluding hydrogens is 416 g/mol. The van der Waals surface area contributed by atoms with Crippen LogP contribution in [0.4, 0.5) is 0 Å². The third-order valence-electron chi connectivity index (χ3n) is 5.07. The second-order valence-corrected chi connectivity index (χ2v) is 8.48. The molecule has 1 fully saturated rings. The molecule has 4 atom stereocenters. The number of carbonyl (C=O) groups is 4. The maximum Gasteiger partial charge on any atom is 0.243 e. The molecular formula is C20H38N8O4. The average molecular weight is 455 g/mol. The lowest BCUT2D eigenvalue weighted by Crippen LogP contribution is -2.57. The molecule has 0 unspecified atom stereocenters. The van der Waals surface area contributed by atoms with Gasteiger partial charge in [-0.1, -0.05) is 13.8 Å². The van der Waals surface area contributed by atoms with Crippen LogP contribution in [0, 0.1) is 5.92 Å². The molecule has 1 saturated heterocycles. The molecule has 0 saturated carbocycles. The zero-order valence-corrected chi connectivity index (χ0v) is 19.1. The van der Waals surface area contributed by atoms with Crippen LogP contribution in [0.1, 0.15) is 52.9 Å². The van der Waals surface area contributed by atoms with Crippen molar-refractivity contribution in [3.63, 3.8) is 0 Å². The molecule has 1 aliphatic heterocycles. The van der Waals surface area contributed by atoms with E-state index in [9.17, 15) is 19.2 Å². The van der Waals surface area contributed by atoms with Gasteiger partial charge in [0.1, 0.15) is 18.1 Å². The first kappa shape index (κ1) is 27.1. The summed E-state index contributed by atoms with van der Waals surface area (Å²) in [5, 5.41) is 11.0. The van der Waals surface area contributed by atoms with E-state index in [0.29, 0.717) is 19.4 Å². The highest BCUT2D eigenvalue weighted by Crippen LogP contribution is 2.08. The summed E-state index contributed by atoms with van der Waals surface area (Å²) in [6.07, 6.45) is 2.66. The van der Waals surface area contributed by atoms with Crippen LogP contribution in [0.2, 0.25) is 0 Å². The molecule has 1 aliphatic rings. The summed E-state index contributed by atoms with van der Waals surface area (Å²) in [4.78, 5) is 53.3. The lowest BCUT2D eigenvalue weighted by Gasteiger charge is -2.25. The lowest BCUT2D eigenvalue weighted by molar-refractivity contribution is -0.133. The molecule has 12 nitrogen and oxygen atoms in total. The normalized spacial score (nSPS) is 18.3. The van der Waals surface area contributed by atoms with Gasteiger partial charge < -0.3 is 38.5 Å². The zero-order chi connectivity index (χ0) is 24.3. The van der Waals surface area contributed by atoms with Crippen LogP contribution < -0.4 is 38.5 Å². The summed E-state index contributed by atoms with van der Waals surface area (Å²) in [6, 6.07) is -2.94. The van der Waals surface area contributed by atoms with Crippen LogP contribution >= 0.6 is 0 Å². The van der Waals surface area contributed by atoms with Crippen molar-refractivity contribution in [1.82, 2.24) is 21.3 Å². The lowest BCUT2D eigenvalue weighted by atomic mass is 10.0. The number of nitrogens with one attached hydrogen (secondary N) is 4. The summed E-state index contributed by atoms with van der Waals surface area (Å²) < 4.78 is 0. The molecule has 0 aromatic rings. The summed E-state index contributed by atoms with van der Waals surface area (Å²) in [7, 11) is 0. The predicted octanol–water partition coefficient (Wildman–Crippen LogP) is -2.20. The van der Waals surface area contributed by atoms with E-state index >= 15 is 0 Å². The number of primary amides is 1. The van der Waals surface area contributed by atoms with Crippen LogP contribution in [0.5, 0.6) is 0 Å². The van der Waals surface area contributed by atoms with E-state index in [4.69, 9.17) is 17.2 Å². The molecule has 0 aliphatic carbocycles. The highest BCUT2D eigenvalue weighted by atomic mass is 16.2. The van der Waals surface area contributed by atoms with Crippen molar-refractivity contribution < 1.29 is 19.2 Å². The minimum absolute atomic E-state index is 0.0608. The van der Waals surface area contributed by atoms with Crippen LogP contribution in [-0.4, -0.2) is 66.8 Å². The number of guanidine groups is 1. The van der Waals surface area contributed by atoms with Crippen molar-refractivity contribution in [3.05, 3.63) is 0 Å². The molecule has 32 heavy (non-hydrogen) atoms. The SMILES string of the molecule is CC(C)C[C@H](NC(=O)[C@H](C)NC(=O)[C@@H]1CCCN1)C(=O)N[C@@H](CCCN=C(N)N)C(N)=O. The van der Waals surface area contributed by atoms with Gasteiger partial charge >= 0.3 is 0 Å². The standard InChI is InChI=1S/C20H38N8O4/c1-11(2)10-15(19(32)27-13(16(21)29)6-4-9-25-20(22)23)28-17(30)12(3)26-18(31)14-7-5-8-24-14/h11-15,24H,4-10H2,1-3H3,(H2,21,29)(H,26,31)(H,27,32)(H,28,30)(H4,22,23,25)/t12-,13-,14-,15-/m0/s1. The number of nitrogens with zero attached hydrogens (tertiary/aromatic N) is 1. The fraction of sp³-hybridized carbons (Fsp3) is 0.750. The number of amides is 4. The predicted molar refractivity (Wildman–Crippen MR) is 121 cm³/mol. The van der Waals surface area contributed by atoms with Gasteiger partial charge in [0, 0.05) is 6.54 Å². The number of hydrogen-bond donors (Lipinski definition) is 7. The van der Waals surface area contributed by atoms with Crippen molar-refractivity contribution in [2.75, 3.05) is 13.1 Å². The van der Waals surface area contributed by atoms with E-state index < -0.39 is 35.8 Å². The first-order valence-electron chi connectivity index (χ1n) is 11.0. The van der Waals surface area contributed by atoms with E-state index in [-0.39, 0.29) is 30.2 Å².